The molecule has 0 aliphatic heterocycles. The predicted molar refractivity (Wildman–Crippen MR) is 144 cm³/mol. The molecule has 2 aromatic heterocycles. The number of carbonyl (C=O) groups excluding carboxylic acids is 1. The number of carbonyl (C=O) groups is 1. The molecule has 4 N–H and O–H groups in total. The lowest BCUT2D eigenvalue weighted by Gasteiger charge is -2.20. The van der Waals surface area contributed by atoms with Crippen LogP contribution in [0.4, 0.5) is 5.82 Å². The van der Waals surface area contributed by atoms with E-state index in [1.165, 1.54) is 0 Å². The maximum atomic E-state index is 12.3. The number of halogens is 1. The number of nitrogens with one attached hydrogen (secondary N) is 2. The molecule has 0 unspecified atom stereocenters. The minimum atomic E-state index is -1.09. The molecule has 2 heterocycles. The van der Waals surface area contributed by atoms with Crippen LogP contribution in [-0.2, 0) is 4.79 Å². The molecule has 0 bridgehead atoms. The van der Waals surface area contributed by atoms with E-state index in [1.54, 1.807) is 10.9 Å². The third-order valence-corrected chi connectivity index (χ3v) is 7.73. The highest BCUT2D eigenvalue weighted by molar-refractivity contribution is 6.28. The quantitative estimate of drug-likeness (QED) is 0.257. The number of rotatable bonds is 8. The van der Waals surface area contributed by atoms with E-state index in [9.17, 15) is 15.0 Å². The Bertz CT molecular complexity index is 1390. The van der Waals surface area contributed by atoms with Gasteiger partial charge >= 0.3 is 0 Å². The Morgan fingerprint density at radius 1 is 1.00 bits per heavy atom. The first-order valence-corrected chi connectivity index (χ1v) is 13.3. The molecule has 0 saturated heterocycles. The molecule has 2 saturated carbocycles. The summed E-state index contributed by atoms with van der Waals surface area (Å²) in [6, 6.07) is 19.4. The molecule has 2 aliphatic carbocycles. The number of hydrogen-bond acceptors (Lipinski definition) is 7. The van der Waals surface area contributed by atoms with Crippen LogP contribution in [0.1, 0.15) is 42.3 Å². The fourth-order valence-electron chi connectivity index (χ4n) is 5.33. The van der Waals surface area contributed by atoms with Gasteiger partial charge in [-0.15, -0.1) is 0 Å². The van der Waals surface area contributed by atoms with Gasteiger partial charge in [-0.05, 0) is 42.0 Å². The van der Waals surface area contributed by atoms with Gasteiger partial charge in [0.1, 0.15) is 12.2 Å². The SMILES string of the molecule is O=C(N[C@H]1C[C@@H](n2cnc3c(NCC(c4ccccc4)c4ccccc4)nc(Cl)nc32)[C@H](O)[C@@H]1O)C1CC1. The van der Waals surface area contributed by atoms with Crippen molar-refractivity contribution >= 4 is 34.5 Å². The zero-order valence-corrected chi connectivity index (χ0v) is 21.4. The number of imidazole rings is 1. The van der Waals surface area contributed by atoms with E-state index in [-0.39, 0.29) is 23.0 Å². The number of hydrogen-bond donors (Lipinski definition) is 4. The van der Waals surface area contributed by atoms with Crippen molar-refractivity contribution in [3.63, 3.8) is 0 Å². The van der Waals surface area contributed by atoms with Crippen LogP contribution in [-0.4, -0.2) is 60.4 Å². The van der Waals surface area contributed by atoms with Gasteiger partial charge in [-0.2, -0.15) is 9.97 Å². The van der Waals surface area contributed by atoms with Crippen LogP contribution in [0.5, 0.6) is 0 Å². The van der Waals surface area contributed by atoms with Crippen LogP contribution in [0.2, 0.25) is 5.28 Å². The second-order valence-corrected chi connectivity index (χ2v) is 10.4. The zero-order chi connectivity index (χ0) is 26.2. The third kappa shape index (κ3) is 4.84. The lowest BCUT2D eigenvalue weighted by Crippen LogP contribution is -2.43. The summed E-state index contributed by atoms with van der Waals surface area (Å²) >= 11 is 6.34. The maximum absolute atomic E-state index is 12.3. The molecule has 10 heteroatoms. The van der Waals surface area contributed by atoms with E-state index in [2.05, 4.69) is 49.9 Å². The van der Waals surface area contributed by atoms with Crippen LogP contribution in [0.3, 0.4) is 0 Å². The number of aromatic nitrogens is 4. The first-order chi connectivity index (χ1) is 18.5. The number of benzene rings is 2. The summed E-state index contributed by atoms with van der Waals surface area (Å²) in [6.07, 6.45) is 1.48. The highest BCUT2D eigenvalue weighted by Crippen LogP contribution is 2.36. The van der Waals surface area contributed by atoms with E-state index in [1.807, 2.05) is 36.4 Å². The van der Waals surface area contributed by atoms with E-state index in [4.69, 9.17) is 11.6 Å². The minimum absolute atomic E-state index is 0.0169. The fourth-order valence-corrected chi connectivity index (χ4v) is 5.49. The monoisotopic (exact) mass is 532 g/mol. The molecule has 9 nitrogen and oxygen atoms in total. The summed E-state index contributed by atoms with van der Waals surface area (Å²) in [6.45, 7) is 0.545. The summed E-state index contributed by atoms with van der Waals surface area (Å²) < 4.78 is 1.72. The van der Waals surface area contributed by atoms with Crippen molar-refractivity contribution in [2.75, 3.05) is 11.9 Å². The van der Waals surface area contributed by atoms with Crippen molar-refractivity contribution in [3.05, 3.63) is 83.4 Å². The zero-order valence-electron chi connectivity index (χ0n) is 20.6. The third-order valence-electron chi connectivity index (χ3n) is 7.56. The maximum Gasteiger partial charge on any atom is 0.226 e. The summed E-state index contributed by atoms with van der Waals surface area (Å²) in [5, 5.41) is 27.9. The fraction of sp³-hybridized carbons (Fsp3) is 0.357. The van der Waals surface area contributed by atoms with Gasteiger partial charge in [0, 0.05) is 18.4 Å². The summed E-state index contributed by atoms with van der Waals surface area (Å²) in [7, 11) is 0. The van der Waals surface area contributed by atoms with Crippen molar-refractivity contribution in [2.45, 2.75) is 49.5 Å². The van der Waals surface area contributed by atoms with Crippen LogP contribution < -0.4 is 10.6 Å². The van der Waals surface area contributed by atoms with Gasteiger partial charge < -0.3 is 25.4 Å². The van der Waals surface area contributed by atoms with E-state index < -0.39 is 24.3 Å². The standard InChI is InChI=1S/C28H29ClN6O3/c29-28-33-25(30-14-19(16-7-3-1-4-8-16)17-9-5-2-6-10-17)22-26(34-28)35(15-31-22)21-13-20(23(36)24(21)37)32-27(38)18-11-12-18/h1-10,15,18-21,23-24,36-37H,11-14H2,(H,32,38)(H,30,33,34)/t20-,21+,23+,24-/m0/s1. The highest BCUT2D eigenvalue weighted by Gasteiger charge is 2.45. The average Bonchev–Trinajstić information content (AvgIpc) is 3.66. The van der Waals surface area contributed by atoms with E-state index in [0.29, 0.717) is 29.9 Å². The minimum Gasteiger partial charge on any atom is -0.388 e. The highest BCUT2D eigenvalue weighted by atomic mass is 35.5. The van der Waals surface area contributed by atoms with Crippen molar-refractivity contribution in [2.24, 2.45) is 5.92 Å². The van der Waals surface area contributed by atoms with Gasteiger partial charge in [-0.1, -0.05) is 60.7 Å². The molecule has 4 atom stereocenters. The summed E-state index contributed by atoms with van der Waals surface area (Å²) in [4.78, 5) is 25.6. The van der Waals surface area contributed by atoms with Crippen molar-refractivity contribution in [3.8, 4) is 0 Å². The number of aliphatic hydroxyl groups is 2. The molecule has 4 aromatic rings. The van der Waals surface area contributed by atoms with Gasteiger partial charge in [0.05, 0.1) is 18.4 Å². The second-order valence-electron chi connectivity index (χ2n) is 10.1. The predicted octanol–water partition coefficient (Wildman–Crippen LogP) is 3.29. The average molecular weight is 533 g/mol. The Kier molecular flexibility index (Phi) is 6.73. The van der Waals surface area contributed by atoms with E-state index in [0.717, 1.165) is 24.0 Å². The molecule has 6 rings (SSSR count). The van der Waals surface area contributed by atoms with Crippen LogP contribution in [0.15, 0.2) is 67.0 Å². The molecular formula is C28H29ClN6O3. The van der Waals surface area contributed by atoms with Crippen LogP contribution in [0, 0.1) is 5.92 Å². The van der Waals surface area contributed by atoms with Gasteiger partial charge in [0.25, 0.3) is 0 Å². The van der Waals surface area contributed by atoms with Crippen molar-refractivity contribution < 1.29 is 15.0 Å². The number of fused-ring (bicyclic) bond motifs is 1. The largest absolute Gasteiger partial charge is 0.388 e. The summed E-state index contributed by atoms with van der Waals surface area (Å²) in [5.41, 5.74) is 3.29. The Morgan fingerprint density at radius 3 is 2.29 bits per heavy atom. The van der Waals surface area contributed by atoms with Crippen molar-refractivity contribution in [1.29, 1.82) is 0 Å². The smallest absolute Gasteiger partial charge is 0.226 e. The Hall–Kier alpha value is -3.53. The molecular weight excluding hydrogens is 504 g/mol. The lowest BCUT2D eigenvalue weighted by atomic mass is 9.91. The van der Waals surface area contributed by atoms with E-state index >= 15 is 0 Å². The molecule has 0 spiro atoms. The Balaban J connectivity index is 1.27. The molecule has 38 heavy (non-hydrogen) atoms. The Morgan fingerprint density at radius 2 is 1.66 bits per heavy atom. The first-order valence-electron chi connectivity index (χ1n) is 12.9. The van der Waals surface area contributed by atoms with Gasteiger partial charge in [-0.25, -0.2) is 4.98 Å². The van der Waals surface area contributed by atoms with Gasteiger partial charge in [-0.3, -0.25) is 4.79 Å². The molecule has 0 radical (unpaired) electrons. The molecule has 2 aliphatic rings. The number of amides is 1. The van der Waals surface area contributed by atoms with Gasteiger partial charge in [0.15, 0.2) is 17.0 Å². The molecule has 1 amide bonds. The number of nitrogens with zero attached hydrogens (tertiary/aromatic N) is 4. The molecule has 196 valence electrons. The summed E-state index contributed by atoms with van der Waals surface area (Å²) in [5.74, 6) is 0.497. The van der Waals surface area contributed by atoms with Crippen LogP contribution >= 0.6 is 11.6 Å². The van der Waals surface area contributed by atoms with Gasteiger partial charge in [0.2, 0.25) is 11.2 Å². The normalized spacial score (nSPS) is 23.2. The second kappa shape index (κ2) is 10.3. The molecule has 2 aromatic carbocycles. The first kappa shape index (κ1) is 24.8. The topological polar surface area (TPSA) is 125 Å². The van der Waals surface area contributed by atoms with Crippen molar-refractivity contribution in [1.82, 2.24) is 24.8 Å². The molecule has 2 fully saturated rings. The number of aliphatic hydroxyl groups excluding tert-OH is 2. The number of anilines is 1. The Labute approximate surface area is 224 Å². The lowest BCUT2D eigenvalue weighted by molar-refractivity contribution is -0.123. The van der Waals surface area contributed by atoms with Crippen LogP contribution in [0.25, 0.3) is 11.2 Å².